The van der Waals surface area contributed by atoms with E-state index in [1.807, 2.05) is 19.9 Å². The number of hydrogen-bond donors (Lipinski definition) is 1. The summed E-state index contributed by atoms with van der Waals surface area (Å²) in [5.41, 5.74) is 2.90. The van der Waals surface area contributed by atoms with Crippen molar-refractivity contribution in [1.29, 1.82) is 0 Å². The Kier molecular flexibility index (Phi) is 4.34. The molecule has 19 heavy (non-hydrogen) atoms. The molecule has 1 aromatic heterocycles. The van der Waals surface area contributed by atoms with Crippen LogP contribution >= 0.6 is 0 Å². The molecule has 0 aliphatic rings. The summed E-state index contributed by atoms with van der Waals surface area (Å²) in [6.45, 7) is 4.89. The van der Waals surface area contributed by atoms with Crippen molar-refractivity contribution >= 4 is 5.69 Å². The van der Waals surface area contributed by atoms with Gasteiger partial charge in [-0.15, -0.1) is 0 Å². The van der Waals surface area contributed by atoms with E-state index in [-0.39, 0.29) is 11.6 Å². The summed E-state index contributed by atoms with van der Waals surface area (Å²) < 4.78 is 18.8. The molecule has 1 aromatic carbocycles. The summed E-state index contributed by atoms with van der Waals surface area (Å²) >= 11 is 0. The standard InChI is InChI=1S/C15H17FN2O/c1-3-19-15-5-4-13(7-14(15)16)18-10-12-6-11(2)8-17-9-12/h4-9,18H,3,10H2,1-2H3. The van der Waals surface area contributed by atoms with Gasteiger partial charge in [0.25, 0.3) is 0 Å². The number of pyridine rings is 1. The highest BCUT2D eigenvalue weighted by Crippen LogP contribution is 2.21. The Balaban J connectivity index is 2.02. The van der Waals surface area contributed by atoms with Gasteiger partial charge in [-0.3, -0.25) is 4.98 Å². The number of aromatic nitrogens is 1. The van der Waals surface area contributed by atoms with Gasteiger partial charge in [-0.25, -0.2) is 4.39 Å². The molecule has 0 radical (unpaired) electrons. The van der Waals surface area contributed by atoms with Crippen LogP contribution in [0.3, 0.4) is 0 Å². The molecule has 1 heterocycles. The molecule has 0 aliphatic carbocycles. The number of ether oxygens (including phenoxy) is 1. The fourth-order valence-corrected chi connectivity index (χ4v) is 1.80. The van der Waals surface area contributed by atoms with Gasteiger partial charge in [0.2, 0.25) is 0 Å². The van der Waals surface area contributed by atoms with E-state index in [2.05, 4.69) is 10.3 Å². The molecule has 0 bridgehead atoms. The number of nitrogens with zero attached hydrogens (tertiary/aromatic N) is 1. The average Bonchev–Trinajstić information content (AvgIpc) is 2.39. The van der Waals surface area contributed by atoms with Crippen molar-refractivity contribution in [3.05, 3.63) is 53.6 Å². The van der Waals surface area contributed by atoms with Crippen molar-refractivity contribution in [2.45, 2.75) is 20.4 Å². The number of aryl methyl sites for hydroxylation is 1. The van der Waals surface area contributed by atoms with Crippen molar-refractivity contribution in [1.82, 2.24) is 4.98 Å². The fraction of sp³-hybridized carbons (Fsp3) is 0.267. The highest BCUT2D eigenvalue weighted by Gasteiger charge is 2.04. The molecule has 0 saturated carbocycles. The van der Waals surface area contributed by atoms with Gasteiger partial charge in [0.05, 0.1) is 6.61 Å². The third-order valence-electron chi connectivity index (χ3n) is 2.66. The minimum Gasteiger partial charge on any atom is -0.491 e. The molecule has 2 rings (SSSR count). The summed E-state index contributed by atoms with van der Waals surface area (Å²) in [5, 5.41) is 3.16. The summed E-state index contributed by atoms with van der Waals surface area (Å²) in [4.78, 5) is 4.12. The average molecular weight is 260 g/mol. The topological polar surface area (TPSA) is 34.1 Å². The van der Waals surface area contributed by atoms with Gasteiger partial charge in [-0.2, -0.15) is 0 Å². The highest BCUT2D eigenvalue weighted by molar-refractivity contribution is 5.47. The molecule has 1 N–H and O–H groups in total. The molecule has 0 fully saturated rings. The second-order valence-electron chi connectivity index (χ2n) is 4.30. The van der Waals surface area contributed by atoms with Crippen LogP contribution in [0, 0.1) is 12.7 Å². The van der Waals surface area contributed by atoms with E-state index in [0.29, 0.717) is 13.2 Å². The molecule has 2 aromatic rings. The van der Waals surface area contributed by atoms with Crippen molar-refractivity contribution in [2.24, 2.45) is 0 Å². The molecule has 0 spiro atoms. The first-order valence-electron chi connectivity index (χ1n) is 6.26. The molecule has 4 heteroatoms. The van der Waals surface area contributed by atoms with Gasteiger partial charge >= 0.3 is 0 Å². The number of halogens is 1. The quantitative estimate of drug-likeness (QED) is 0.892. The summed E-state index contributed by atoms with van der Waals surface area (Å²) in [6, 6.07) is 6.92. The lowest BCUT2D eigenvalue weighted by atomic mass is 10.2. The normalized spacial score (nSPS) is 10.3. The molecule has 0 atom stereocenters. The van der Waals surface area contributed by atoms with Crippen LogP contribution in [0.2, 0.25) is 0 Å². The molecular weight excluding hydrogens is 243 g/mol. The summed E-state index contributed by atoms with van der Waals surface area (Å²) in [7, 11) is 0. The SMILES string of the molecule is CCOc1ccc(NCc2cncc(C)c2)cc1F. The van der Waals surface area contributed by atoms with Crippen molar-refractivity contribution < 1.29 is 9.13 Å². The van der Waals surface area contributed by atoms with E-state index in [0.717, 1.165) is 16.8 Å². The predicted octanol–water partition coefficient (Wildman–Crippen LogP) is 3.54. The zero-order valence-electron chi connectivity index (χ0n) is 11.1. The Morgan fingerprint density at radius 1 is 1.26 bits per heavy atom. The molecule has 0 unspecified atom stereocenters. The Hall–Kier alpha value is -2.10. The number of hydrogen-bond acceptors (Lipinski definition) is 3. The van der Waals surface area contributed by atoms with Gasteiger partial charge in [-0.05, 0) is 37.1 Å². The maximum atomic E-state index is 13.6. The number of anilines is 1. The minimum absolute atomic E-state index is 0.283. The Bertz CT molecular complexity index is 558. The summed E-state index contributed by atoms with van der Waals surface area (Å²) in [5.74, 6) is -0.0699. The monoisotopic (exact) mass is 260 g/mol. The van der Waals surface area contributed by atoms with E-state index in [1.54, 1.807) is 24.5 Å². The number of rotatable bonds is 5. The molecule has 100 valence electrons. The van der Waals surface area contributed by atoms with E-state index in [4.69, 9.17) is 4.74 Å². The van der Waals surface area contributed by atoms with Crippen LogP contribution in [-0.2, 0) is 6.54 Å². The predicted molar refractivity (Wildman–Crippen MR) is 73.9 cm³/mol. The Morgan fingerprint density at radius 3 is 2.79 bits per heavy atom. The second-order valence-corrected chi connectivity index (χ2v) is 4.30. The van der Waals surface area contributed by atoms with Crippen molar-refractivity contribution in [2.75, 3.05) is 11.9 Å². The van der Waals surface area contributed by atoms with Crippen LogP contribution in [0.25, 0.3) is 0 Å². The van der Waals surface area contributed by atoms with Crippen molar-refractivity contribution in [3.63, 3.8) is 0 Å². The van der Waals surface area contributed by atoms with Gasteiger partial charge in [0, 0.05) is 30.7 Å². The smallest absolute Gasteiger partial charge is 0.167 e. The lowest BCUT2D eigenvalue weighted by Gasteiger charge is -2.09. The molecule has 3 nitrogen and oxygen atoms in total. The van der Waals surface area contributed by atoms with Gasteiger partial charge in [-0.1, -0.05) is 6.07 Å². The van der Waals surface area contributed by atoms with Crippen LogP contribution in [0.5, 0.6) is 5.75 Å². The molecule has 0 saturated heterocycles. The maximum Gasteiger partial charge on any atom is 0.167 e. The first-order valence-corrected chi connectivity index (χ1v) is 6.26. The minimum atomic E-state index is -0.353. The second kappa shape index (κ2) is 6.18. The molecular formula is C15H17FN2O. The third kappa shape index (κ3) is 3.68. The highest BCUT2D eigenvalue weighted by atomic mass is 19.1. The van der Waals surface area contributed by atoms with Gasteiger partial charge in [0.1, 0.15) is 0 Å². The zero-order valence-corrected chi connectivity index (χ0v) is 11.1. The Labute approximate surface area is 112 Å². The van der Waals surface area contributed by atoms with E-state index < -0.39 is 0 Å². The Morgan fingerprint density at radius 2 is 2.11 bits per heavy atom. The van der Waals surface area contributed by atoms with Crippen LogP contribution in [0.15, 0.2) is 36.7 Å². The molecule has 0 amide bonds. The van der Waals surface area contributed by atoms with Crippen LogP contribution in [0.4, 0.5) is 10.1 Å². The lowest BCUT2D eigenvalue weighted by Crippen LogP contribution is -2.01. The summed E-state index contributed by atoms with van der Waals surface area (Å²) in [6.07, 6.45) is 3.60. The van der Waals surface area contributed by atoms with E-state index >= 15 is 0 Å². The maximum absolute atomic E-state index is 13.6. The van der Waals surface area contributed by atoms with Crippen molar-refractivity contribution in [3.8, 4) is 5.75 Å². The number of nitrogens with one attached hydrogen (secondary N) is 1. The zero-order chi connectivity index (χ0) is 13.7. The van der Waals surface area contributed by atoms with Crippen LogP contribution < -0.4 is 10.1 Å². The number of benzene rings is 1. The third-order valence-corrected chi connectivity index (χ3v) is 2.66. The fourth-order valence-electron chi connectivity index (χ4n) is 1.80. The first-order chi connectivity index (χ1) is 9.19. The van der Waals surface area contributed by atoms with Gasteiger partial charge < -0.3 is 10.1 Å². The molecule has 0 aliphatic heterocycles. The van der Waals surface area contributed by atoms with Crippen LogP contribution in [-0.4, -0.2) is 11.6 Å². The largest absolute Gasteiger partial charge is 0.491 e. The van der Waals surface area contributed by atoms with E-state index in [9.17, 15) is 4.39 Å². The van der Waals surface area contributed by atoms with Crippen LogP contribution in [0.1, 0.15) is 18.1 Å². The first kappa shape index (κ1) is 13.3. The van der Waals surface area contributed by atoms with Gasteiger partial charge in [0.15, 0.2) is 11.6 Å². The van der Waals surface area contributed by atoms with E-state index in [1.165, 1.54) is 6.07 Å². The lowest BCUT2D eigenvalue weighted by molar-refractivity contribution is 0.321.